The van der Waals surface area contributed by atoms with Crippen LogP contribution < -0.4 is 0 Å². The summed E-state index contributed by atoms with van der Waals surface area (Å²) in [4.78, 5) is -0.0274. The van der Waals surface area contributed by atoms with E-state index in [0.717, 1.165) is 22.1 Å². The highest BCUT2D eigenvalue weighted by atomic mass is 79.9. The Labute approximate surface area is 136 Å². The van der Waals surface area contributed by atoms with Crippen LogP contribution in [0.5, 0.6) is 0 Å². The zero-order valence-corrected chi connectivity index (χ0v) is 13.7. The Balaban J connectivity index is 2.18. The molecule has 0 bridgehead atoms. The molecule has 3 aromatic carbocycles. The second kappa shape index (κ2) is 5.78. The summed E-state index contributed by atoms with van der Waals surface area (Å²) in [5, 5.41) is 2.26. The van der Waals surface area contributed by atoms with Gasteiger partial charge in [0.05, 0.1) is 4.83 Å². The van der Waals surface area contributed by atoms with E-state index in [-0.39, 0.29) is 10.6 Å². The molecule has 1 unspecified atom stereocenters. The van der Waals surface area contributed by atoms with E-state index in [1.54, 1.807) is 6.07 Å². The average molecular weight is 364 g/mol. The largest absolute Gasteiger partial charge is 0.206 e. The smallest absolute Gasteiger partial charge is 0.131 e. The molecule has 0 aliphatic heterocycles. The van der Waals surface area contributed by atoms with Crippen molar-refractivity contribution in [3.8, 4) is 0 Å². The molecule has 0 aromatic heterocycles. The fraction of sp³-hybridized carbons (Fsp3) is 0.111. The second-order valence-electron chi connectivity index (χ2n) is 5.11. The molecular weight excluding hydrogens is 351 g/mol. The Bertz CT molecular complexity index is 793. The van der Waals surface area contributed by atoms with E-state index in [4.69, 9.17) is 11.6 Å². The third kappa shape index (κ3) is 2.83. The van der Waals surface area contributed by atoms with Crippen molar-refractivity contribution in [3.05, 3.63) is 82.1 Å². The van der Waals surface area contributed by atoms with Crippen molar-refractivity contribution in [2.45, 2.75) is 11.8 Å². The summed E-state index contributed by atoms with van der Waals surface area (Å²) in [6.45, 7) is 2.01. The van der Waals surface area contributed by atoms with Crippen LogP contribution in [0.1, 0.15) is 21.5 Å². The molecule has 3 aromatic rings. The van der Waals surface area contributed by atoms with Crippen LogP contribution in [0.3, 0.4) is 0 Å². The lowest BCUT2D eigenvalue weighted by Gasteiger charge is -2.15. The van der Waals surface area contributed by atoms with Gasteiger partial charge in [0.25, 0.3) is 0 Å². The van der Waals surface area contributed by atoms with E-state index in [1.165, 1.54) is 6.07 Å². The van der Waals surface area contributed by atoms with Gasteiger partial charge in [0.2, 0.25) is 0 Å². The lowest BCUT2D eigenvalue weighted by molar-refractivity contribution is 0.639. The minimum atomic E-state index is -0.198. The van der Waals surface area contributed by atoms with Crippen molar-refractivity contribution in [1.29, 1.82) is 0 Å². The molecule has 106 valence electrons. The zero-order chi connectivity index (χ0) is 15.0. The molecule has 0 spiro atoms. The quantitative estimate of drug-likeness (QED) is 0.460. The van der Waals surface area contributed by atoms with Gasteiger partial charge in [-0.25, -0.2) is 4.39 Å². The van der Waals surface area contributed by atoms with E-state index in [1.807, 2.05) is 43.3 Å². The highest BCUT2D eigenvalue weighted by Crippen LogP contribution is 2.37. The molecule has 0 saturated carbocycles. The standard InChI is InChI=1S/C18H13BrClF/c1-11-8-12(10-13(20)9-11)18(19)16-6-7-17(21)15-5-3-2-4-14(15)16/h2-10,18H,1H3. The summed E-state index contributed by atoms with van der Waals surface area (Å²) < 4.78 is 13.9. The third-order valence-electron chi connectivity index (χ3n) is 3.53. The summed E-state index contributed by atoms with van der Waals surface area (Å²) in [5.41, 5.74) is 3.21. The van der Waals surface area contributed by atoms with Crippen LogP contribution in [0, 0.1) is 12.7 Å². The molecule has 0 fully saturated rings. The van der Waals surface area contributed by atoms with Gasteiger partial charge in [0.15, 0.2) is 0 Å². The van der Waals surface area contributed by atoms with Crippen molar-refractivity contribution >= 4 is 38.3 Å². The Hall–Kier alpha value is -1.38. The molecule has 0 nitrogen and oxygen atoms in total. The van der Waals surface area contributed by atoms with Gasteiger partial charge in [-0.05, 0) is 47.2 Å². The molecule has 3 rings (SSSR count). The number of benzene rings is 3. The van der Waals surface area contributed by atoms with Crippen LogP contribution >= 0.6 is 27.5 Å². The minimum Gasteiger partial charge on any atom is -0.206 e. The summed E-state index contributed by atoms with van der Waals surface area (Å²) in [6, 6.07) is 16.8. The predicted molar refractivity (Wildman–Crippen MR) is 90.9 cm³/mol. The Morgan fingerprint density at radius 1 is 1.00 bits per heavy atom. The number of rotatable bonds is 2. The van der Waals surface area contributed by atoms with Gasteiger partial charge < -0.3 is 0 Å². The molecule has 1 atom stereocenters. The van der Waals surface area contributed by atoms with Crippen LogP contribution in [0.2, 0.25) is 5.02 Å². The summed E-state index contributed by atoms with van der Waals surface area (Å²) in [5.74, 6) is -0.198. The summed E-state index contributed by atoms with van der Waals surface area (Å²) in [6.07, 6.45) is 0. The normalized spacial score (nSPS) is 12.6. The van der Waals surface area contributed by atoms with Gasteiger partial charge in [-0.15, -0.1) is 0 Å². The first-order valence-corrected chi connectivity index (χ1v) is 7.94. The highest BCUT2D eigenvalue weighted by Gasteiger charge is 2.15. The van der Waals surface area contributed by atoms with E-state index in [9.17, 15) is 4.39 Å². The molecule has 0 amide bonds. The van der Waals surface area contributed by atoms with Crippen molar-refractivity contribution in [1.82, 2.24) is 0 Å². The van der Waals surface area contributed by atoms with Crippen molar-refractivity contribution in [2.24, 2.45) is 0 Å². The molecule has 0 radical (unpaired) electrons. The number of hydrogen-bond donors (Lipinski definition) is 0. The number of alkyl halides is 1. The monoisotopic (exact) mass is 362 g/mol. The molecular formula is C18H13BrClF. The third-order valence-corrected chi connectivity index (χ3v) is 4.77. The number of fused-ring (bicyclic) bond motifs is 1. The van der Waals surface area contributed by atoms with E-state index in [2.05, 4.69) is 22.0 Å². The highest BCUT2D eigenvalue weighted by molar-refractivity contribution is 9.09. The summed E-state index contributed by atoms with van der Waals surface area (Å²) in [7, 11) is 0. The van der Waals surface area contributed by atoms with Gasteiger partial charge in [0, 0.05) is 10.4 Å². The molecule has 0 N–H and O–H groups in total. The molecule has 0 aliphatic carbocycles. The first-order valence-electron chi connectivity index (χ1n) is 6.64. The lowest BCUT2D eigenvalue weighted by atomic mass is 9.97. The number of aryl methyl sites for hydroxylation is 1. The first kappa shape index (κ1) is 14.6. The van der Waals surface area contributed by atoms with Crippen LogP contribution in [-0.4, -0.2) is 0 Å². The van der Waals surface area contributed by atoms with Crippen LogP contribution in [0.4, 0.5) is 4.39 Å². The number of halogens is 3. The van der Waals surface area contributed by atoms with Gasteiger partial charge in [-0.2, -0.15) is 0 Å². The van der Waals surface area contributed by atoms with Crippen LogP contribution in [0.25, 0.3) is 10.8 Å². The van der Waals surface area contributed by atoms with Crippen LogP contribution in [-0.2, 0) is 0 Å². The van der Waals surface area contributed by atoms with Crippen molar-refractivity contribution in [3.63, 3.8) is 0 Å². The van der Waals surface area contributed by atoms with E-state index in [0.29, 0.717) is 10.4 Å². The lowest BCUT2D eigenvalue weighted by Crippen LogP contribution is -1.96. The maximum Gasteiger partial charge on any atom is 0.131 e. The van der Waals surface area contributed by atoms with Gasteiger partial charge in [-0.3, -0.25) is 0 Å². The Kier molecular flexibility index (Phi) is 4.01. The first-order chi connectivity index (χ1) is 10.1. The zero-order valence-electron chi connectivity index (χ0n) is 11.4. The SMILES string of the molecule is Cc1cc(Cl)cc(C(Br)c2ccc(F)c3ccccc23)c1. The van der Waals surface area contributed by atoms with E-state index >= 15 is 0 Å². The molecule has 3 heteroatoms. The van der Waals surface area contributed by atoms with Gasteiger partial charge in [-0.1, -0.05) is 63.9 Å². The minimum absolute atomic E-state index is 0.0274. The fourth-order valence-corrected chi connectivity index (χ4v) is 3.56. The number of hydrogen-bond acceptors (Lipinski definition) is 0. The van der Waals surface area contributed by atoms with Crippen LogP contribution in [0.15, 0.2) is 54.6 Å². The fourth-order valence-electron chi connectivity index (χ4n) is 2.60. The predicted octanol–water partition coefficient (Wildman–Crippen LogP) is 6.43. The van der Waals surface area contributed by atoms with Gasteiger partial charge >= 0.3 is 0 Å². The Morgan fingerprint density at radius 3 is 2.43 bits per heavy atom. The van der Waals surface area contributed by atoms with Gasteiger partial charge in [0.1, 0.15) is 5.82 Å². The molecule has 0 aliphatic rings. The van der Waals surface area contributed by atoms with Crippen molar-refractivity contribution < 1.29 is 4.39 Å². The average Bonchev–Trinajstić information content (AvgIpc) is 2.46. The maximum absolute atomic E-state index is 13.9. The van der Waals surface area contributed by atoms with Crippen molar-refractivity contribution in [2.75, 3.05) is 0 Å². The molecule has 0 heterocycles. The molecule has 0 saturated heterocycles. The maximum atomic E-state index is 13.9. The Morgan fingerprint density at radius 2 is 1.71 bits per heavy atom. The molecule has 21 heavy (non-hydrogen) atoms. The second-order valence-corrected chi connectivity index (χ2v) is 6.46. The van der Waals surface area contributed by atoms with E-state index < -0.39 is 0 Å². The topological polar surface area (TPSA) is 0 Å². The summed E-state index contributed by atoms with van der Waals surface area (Å²) >= 11 is 9.87.